The maximum Gasteiger partial charge on any atom is 0.274 e. The molecule has 2 heterocycles. The number of amides is 1. The molecule has 2 rings (SSSR count). The Morgan fingerprint density at radius 3 is 2.78 bits per heavy atom. The molecule has 2 aromatic rings. The van der Waals surface area contributed by atoms with Gasteiger partial charge in [-0.3, -0.25) is 9.48 Å². The van der Waals surface area contributed by atoms with Gasteiger partial charge in [-0.1, -0.05) is 0 Å². The molecule has 18 heavy (non-hydrogen) atoms. The maximum absolute atomic E-state index is 11.9. The molecule has 0 unspecified atom stereocenters. The molecular weight excluding hydrogens is 230 g/mol. The van der Waals surface area contributed by atoms with E-state index >= 15 is 0 Å². The highest BCUT2D eigenvalue weighted by atomic mass is 16.1. The van der Waals surface area contributed by atoms with E-state index in [4.69, 9.17) is 5.26 Å². The summed E-state index contributed by atoms with van der Waals surface area (Å²) in [5.41, 5.74) is 2.06. The summed E-state index contributed by atoms with van der Waals surface area (Å²) in [6.45, 7) is 1.81. The van der Waals surface area contributed by atoms with Crippen LogP contribution in [0, 0.1) is 18.3 Å². The van der Waals surface area contributed by atoms with Crippen LogP contribution in [0.25, 0.3) is 0 Å². The van der Waals surface area contributed by atoms with Crippen LogP contribution in [0.2, 0.25) is 0 Å². The Morgan fingerprint density at radius 1 is 1.50 bits per heavy atom. The number of pyridine rings is 1. The summed E-state index contributed by atoms with van der Waals surface area (Å²) in [6.07, 6.45) is 3.09. The Hall–Kier alpha value is -2.68. The second-order valence-corrected chi connectivity index (χ2v) is 3.80. The third kappa shape index (κ3) is 2.35. The van der Waals surface area contributed by atoms with Crippen LogP contribution >= 0.6 is 0 Å². The van der Waals surface area contributed by atoms with Gasteiger partial charge in [0.25, 0.3) is 5.91 Å². The molecule has 0 saturated heterocycles. The van der Waals surface area contributed by atoms with E-state index in [0.29, 0.717) is 11.3 Å². The molecule has 1 amide bonds. The largest absolute Gasteiger partial charge is 0.318 e. The van der Waals surface area contributed by atoms with E-state index in [1.165, 1.54) is 12.3 Å². The van der Waals surface area contributed by atoms with E-state index < -0.39 is 0 Å². The van der Waals surface area contributed by atoms with Gasteiger partial charge in [0, 0.05) is 19.4 Å². The van der Waals surface area contributed by atoms with Gasteiger partial charge in [0.05, 0.1) is 16.9 Å². The Kier molecular flexibility index (Phi) is 3.06. The van der Waals surface area contributed by atoms with Crippen molar-refractivity contribution in [2.24, 2.45) is 7.05 Å². The van der Waals surface area contributed by atoms with Gasteiger partial charge in [0.1, 0.15) is 11.8 Å². The van der Waals surface area contributed by atoms with Gasteiger partial charge in [-0.15, -0.1) is 0 Å². The van der Waals surface area contributed by atoms with E-state index in [0.717, 1.165) is 5.69 Å². The maximum atomic E-state index is 11.9. The number of nitrogens with one attached hydrogen (secondary N) is 1. The molecule has 6 nitrogen and oxygen atoms in total. The lowest BCUT2D eigenvalue weighted by Gasteiger charge is -2.02. The fourth-order valence-electron chi connectivity index (χ4n) is 1.50. The third-order valence-electron chi connectivity index (χ3n) is 2.39. The van der Waals surface area contributed by atoms with Crippen molar-refractivity contribution >= 4 is 11.6 Å². The average molecular weight is 241 g/mol. The fourth-order valence-corrected chi connectivity index (χ4v) is 1.50. The van der Waals surface area contributed by atoms with Crippen LogP contribution in [0.3, 0.4) is 0 Å². The van der Waals surface area contributed by atoms with Crippen LogP contribution in [-0.2, 0) is 7.05 Å². The number of carbonyl (C=O) groups excluding carboxylic acids is 1. The summed E-state index contributed by atoms with van der Waals surface area (Å²) < 4.78 is 1.62. The molecule has 0 spiro atoms. The number of aromatic nitrogens is 3. The minimum Gasteiger partial charge on any atom is -0.318 e. The highest BCUT2D eigenvalue weighted by Gasteiger charge is 2.10. The summed E-state index contributed by atoms with van der Waals surface area (Å²) in [6, 6.07) is 5.01. The predicted molar refractivity (Wildman–Crippen MR) is 64.9 cm³/mol. The van der Waals surface area contributed by atoms with Gasteiger partial charge in [0.15, 0.2) is 0 Å². The Labute approximate surface area is 104 Å². The number of anilines is 1. The summed E-state index contributed by atoms with van der Waals surface area (Å²) in [5.74, 6) is -0.324. The van der Waals surface area contributed by atoms with Crippen molar-refractivity contribution in [3.8, 4) is 6.07 Å². The van der Waals surface area contributed by atoms with Gasteiger partial charge in [0.2, 0.25) is 0 Å². The molecule has 0 radical (unpaired) electrons. The number of hydrogen-bond acceptors (Lipinski definition) is 4. The van der Waals surface area contributed by atoms with Crippen molar-refractivity contribution in [1.29, 1.82) is 5.26 Å². The molecule has 0 aromatic carbocycles. The summed E-state index contributed by atoms with van der Waals surface area (Å²) in [5, 5.41) is 15.5. The van der Waals surface area contributed by atoms with Crippen LogP contribution in [0.15, 0.2) is 24.5 Å². The molecule has 6 heteroatoms. The SMILES string of the molecule is Cc1nn(C)cc1NC(=O)c1ccc(C#N)cn1. The number of nitrogens with zero attached hydrogens (tertiary/aromatic N) is 4. The number of aryl methyl sites for hydroxylation is 2. The van der Waals surface area contributed by atoms with Gasteiger partial charge >= 0.3 is 0 Å². The van der Waals surface area contributed by atoms with Gasteiger partial charge < -0.3 is 5.32 Å². The molecule has 0 atom stereocenters. The second-order valence-electron chi connectivity index (χ2n) is 3.80. The Balaban J connectivity index is 2.17. The zero-order chi connectivity index (χ0) is 13.1. The van der Waals surface area contributed by atoms with E-state index in [1.54, 1.807) is 24.0 Å². The number of rotatable bonds is 2. The molecular formula is C12H11N5O. The minimum absolute atomic E-state index is 0.261. The van der Waals surface area contributed by atoms with Crippen molar-refractivity contribution in [2.45, 2.75) is 6.92 Å². The molecule has 90 valence electrons. The highest BCUT2D eigenvalue weighted by molar-refractivity contribution is 6.03. The topological polar surface area (TPSA) is 83.6 Å². The van der Waals surface area contributed by atoms with E-state index in [-0.39, 0.29) is 11.6 Å². The van der Waals surface area contributed by atoms with Crippen LogP contribution in [0.5, 0.6) is 0 Å². The zero-order valence-corrected chi connectivity index (χ0v) is 10.0. The molecule has 0 saturated carbocycles. The molecule has 0 bridgehead atoms. The normalized spacial score (nSPS) is 9.83. The first-order valence-corrected chi connectivity index (χ1v) is 5.28. The fraction of sp³-hybridized carbons (Fsp3) is 0.167. The first kappa shape index (κ1) is 11.8. The van der Waals surface area contributed by atoms with E-state index in [1.807, 2.05) is 13.0 Å². The molecule has 1 N–H and O–H groups in total. The third-order valence-corrected chi connectivity index (χ3v) is 2.39. The van der Waals surface area contributed by atoms with Crippen molar-refractivity contribution < 1.29 is 4.79 Å². The lowest BCUT2D eigenvalue weighted by atomic mass is 10.2. The average Bonchev–Trinajstić information content (AvgIpc) is 2.68. The lowest BCUT2D eigenvalue weighted by Crippen LogP contribution is -2.13. The second kappa shape index (κ2) is 4.67. The van der Waals surface area contributed by atoms with Crippen LogP contribution in [0.4, 0.5) is 5.69 Å². The zero-order valence-electron chi connectivity index (χ0n) is 10.0. The molecule has 2 aromatic heterocycles. The summed E-state index contributed by atoms with van der Waals surface area (Å²) in [7, 11) is 1.78. The number of nitriles is 1. The quantitative estimate of drug-likeness (QED) is 0.857. The molecule has 0 fully saturated rings. The van der Waals surface area contributed by atoms with Crippen molar-refractivity contribution in [3.05, 3.63) is 41.5 Å². The molecule has 0 aliphatic carbocycles. The lowest BCUT2D eigenvalue weighted by molar-refractivity contribution is 0.102. The van der Waals surface area contributed by atoms with Gasteiger partial charge in [-0.05, 0) is 19.1 Å². The van der Waals surface area contributed by atoms with Crippen LogP contribution in [0.1, 0.15) is 21.7 Å². The first-order chi connectivity index (χ1) is 8.60. The monoisotopic (exact) mass is 241 g/mol. The van der Waals surface area contributed by atoms with Crippen molar-refractivity contribution in [3.63, 3.8) is 0 Å². The smallest absolute Gasteiger partial charge is 0.274 e. The molecule has 0 aliphatic rings. The first-order valence-electron chi connectivity index (χ1n) is 5.28. The Bertz CT molecular complexity index is 621. The van der Waals surface area contributed by atoms with E-state index in [2.05, 4.69) is 15.4 Å². The Morgan fingerprint density at radius 2 is 2.28 bits per heavy atom. The predicted octanol–water partition coefficient (Wildman–Crippen LogP) is 1.25. The highest BCUT2D eigenvalue weighted by Crippen LogP contribution is 2.12. The van der Waals surface area contributed by atoms with Crippen molar-refractivity contribution in [1.82, 2.24) is 14.8 Å². The van der Waals surface area contributed by atoms with E-state index in [9.17, 15) is 4.79 Å². The van der Waals surface area contributed by atoms with Crippen LogP contribution in [-0.4, -0.2) is 20.7 Å². The van der Waals surface area contributed by atoms with Gasteiger partial charge in [-0.2, -0.15) is 10.4 Å². The minimum atomic E-state index is -0.324. The number of carbonyl (C=O) groups is 1. The molecule has 0 aliphatic heterocycles. The van der Waals surface area contributed by atoms with Crippen molar-refractivity contribution in [2.75, 3.05) is 5.32 Å². The van der Waals surface area contributed by atoms with Crippen LogP contribution < -0.4 is 5.32 Å². The summed E-state index contributed by atoms with van der Waals surface area (Å²) in [4.78, 5) is 15.8. The van der Waals surface area contributed by atoms with Gasteiger partial charge in [-0.25, -0.2) is 4.98 Å². The standard InChI is InChI=1S/C12H11N5O/c1-8-11(7-17(2)16-8)15-12(18)10-4-3-9(5-13)6-14-10/h3-4,6-7H,1-2H3,(H,15,18). The number of hydrogen-bond donors (Lipinski definition) is 1. The summed E-state index contributed by atoms with van der Waals surface area (Å²) >= 11 is 0.